The fourth-order valence-corrected chi connectivity index (χ4v) is 6.76. The summed E-state index contributed by atoms with van der Waals surface area (Å²) in [6.45, 7) is 0. The summed E-state index contributed by atoms with van der Waals surface area (Å²) in [5.41, 5.74) is 4.18. The van der Waals surface area contributed by atoms with E-state index < -0.39 is 27.3 Å². The third-order valence-corrected chi connectivity index (χ3v) is 8.78. The van der Waals surface area contributed by atoms with Crippen molar-refractivity contribution in [2.45, 2.75) is 18.9 Å². The molecule has 2 aliphatic rings. The van der Waals surface area contributed by atoms with Crippen molar-refractivity contribution in [3.8, 4) is 11.5 Å². The smallest absolute Gasteiger partial charge is 0.318 e. The van der Waals surface area contributed by atoms with Crippen molar-refractivity contribution in [3.63, 3.8) is 0 Å². The van der Waals surface area contributed by atoms with Crippen molar-refractivity contribution in [2.24, 2.45) is 4.99 Å². The second-order valence-electron chi connectivity index (χ2n) is 10.5. The number of fused-ring (bicyclic) bond motifs is 3. The molecule has 0 amide bonds. The van der Waals surface area contributed by atoms with Gasteiger partial charge in [0, 0.05) is 11.6 Å². The van der Waals surface area contributed by atoms with Crippen LogP contribution in [-0.2, 0) is 6.42 Å². The van der Waals surface area contributed by atoms with E-state index in [1.54, 1.807) is 47.0 Å². The molecule has 45 heavy (non-hydrogen) atoms. The van der Waals surface area contributed by atoms with Crippen molar-refractivity contribution in [3.05, 3.63) is 165 Å². The maximum absolute atomic E-state index is 14.0. The summed E-state index contributed by atoms with van der Waals surface area (Å²) in [4.78, 5) is 40.7. The van der Waals surface area contributed by atoms with Crippen LogP contribution in [0, 0.1) is 26.0 Å². The van der Waals surface area contributed by atoms with Gasteiger partial charge in [0.2, 0.25) is 5.75 Å². The molecule has 10 nitrogen and oxygen atoms in total. The topological polar surface area (TPSA) is 130 Å². The van der Waals surface area contributed by atoms with Crippen LogP contribution in [0.15, 0.2) is 106 Å². The van der Waals surface area contributed by atoms with Crippen LogP contribution in [0.4, 0.5) is 15.8 Å². The lowest BCUT2D eigenvalue weighted by Crippen LogP contribution is -2.38. The fraction of sp³-hybridized carbons (Fsp3) is 0.0909. The van der Waals surface area contributed by atoms with E-state index in [1.807, 2.05) is 18.2 Å². The molecule has 5 aromatic rings. The number of hydrogen-bond acceptors (Lipinski definition) is 8. The van der Waals surface area contributed by atoms with Crippen molar-refractivity contribution < 1.29 is 19.0 Å². The molecule has 12 heteroatoms. The fourth-order valence-electron chi connectivity index (χ4n) is 5.76. The molecule has 0 N–H and O–H groups in total. The number of ether oxygens (including phenoxy) is 1. The van der Waals surface area contributed by atoms with E-state index in [1.165, 1.54) is 35.1 Å². The Morgan fingerprint density at radius 3 is 2.51 bits per heavy atom. The van der Waals surface area contributed by atoms with E-state index in [2.05, 4.69) is 6.07 Å². The van der Waals surface area contributed by atoms with E-state index in [0.29, 0.717) is 21.3 Å². The predicted molar refractivity (Wildman–Crippen MR) is 165 cm³/mol. The molecule has 2 heterocycles. The van der Waals surface area contributed by atoms with Gasteiger partial charge >= 0.3 is 5.69 Å². The van der Waals surface area contributed by atoms with Crippen LogP contribution in [0.25, 0.3) is 11.8 Å². The largest absolute Gasteiger partial charge is 0.450 e. The lowest BCUT2D eigenvalue weighted by atomic mass is 9.83. The van der Waals surface area contributed by atoms with Crippen LogP contribution in [0.3, 0.4) is 0 Å². The number of aryl methyl sites for hydroxylation is 1. The van der Waals surface area contributed by atoms with Crippen LogP contribution in [-0.4, -0.2) is 14.4 Å². The highest BCUT2D eigenvalue weighted by Crippen LogP contribution is 2.41. The first kappa shape index (κ1) is 28.0. The number of nitro groups is 2. The molecule has 0 radical (unpaired) electrons. The molecule has 0 fully saturated rings. The molecule has 0 spiro atoms. The third kappa shape index (κ3) is 5.10. The molecule has 1 aliphatic heterocycles. The van der Waals surface area contributed by atoms with E-state index in [-0.39, 0.29) is 22.9 Å². The highest BCUT2D eigenvalue weighted by atomic mass is 32.1. The molecule has 0 bridgehead atoms. The third-order valence-electron chi connectivity index (χ3n) is 7.79. The highest BCUT2D eigenvalue weighted by molar-refractivity contribution is 7.07. The number of thiazole rings is 1. The van der Waals surface area contributed by atoms with E-state index in [0.717, 1.165) is 41.0 Å². The Balaban J connectivity index is 1.32. The Bertz CT molecular complexity index is 2260. The molecule has 222 valence electrons. The first-order chi connectivity index (χ1) is 21.8. The molecule has 0 unspecified atom stereocenters. The number of allylic oxidation sites excluding steroid dienone is 1. The van der Waals surface area contributed by atoms with Crippen LogP contribution in [0.1, 0.15) is 34.7 Å². The Hall–Kier alpha value is -5.75. The highest BCUT2D eigenvalue weighted by Gasteiger charge is 2.32. The Morgan fingerprint density at radius 1 is 0.933 bits per heavy atom. The van der Waals surface area contributed by atoms with Crippen molar-refractivity contribution >= 4 is 34.5 Å². The standard InChI is InChI=1S/C33H21FN4O6S/c34-22-11-8-21(9-12-22)31-26-14-10-20-5-1-2-7-25(20)30(26)35-33-36(31)32(39)29(45-33)17-19-4-3-6-24(16-19)44-28-15-13-23(37(40)41)18-27(28)38(42)43/h1-9,11-13,15-18,31H,10,14H2/b29-17+/t31-/m1/s1. The van der Waals surface area contributed by atoms with Gasteiger partial charge in [-0.05, 0) is 71.5 Å². The van der Waals surface area contributed by atoms with Crippen LogP contribution >= 0.6 is 11.3 Å². The van der Waals surface area contributed by atoms with E-state index in [9.17, 15) is 29.4 Å². The number of benzene rings is 4. The SMILES string of the molecule is O=c1/c(=C\c2cccc(Oc3ccc([N+](=O)[O-])cc3[N+](=O)[O-])c2)sc2n1[C@H](c1ccc(F)cc1)C1=C(N=2)c2ccccc2CC1. The number of nitro benzene ring substituents is 2. The van der Waals surface area contributed by atoms with E-state index >= 15 is 0 Å². The normalized spacial score (nSPS) is 15.5. The zero-order chi connectivity index (χ0) is 31.2. The molecular formula is C33H21FN4O6S. The molecule has 0 saturated heterocycles. The quantitative estimate of drug-likeness (QED) is 0.167. The number of hydrogen-bond donors (Lipinski definition) is 0. The van der Waals surface area contributed by atoms with Gasteiger partial charge in [0.15, 0.2) is 4.80 Å². The Kier molecular flexibility index (Phi) is 6.90. The van der Waals surface area contributed by atoms with Crippen molar-refractivity contribution in [2.75, 3.05) is 0 Å². The number of halogens is 1. The summed E-state index contributed by atoms with van der Waals surface area (Å²) in [6.07, 6.45) is 3.20. The van der Waals surface area contributed by atoms with Crippen molar-refractivity contribution in [1.29, 1.82) is 0 Å². The van der Waals surface area contributed by atoms with Crippen LogP contribution in [0.5, 0.6) is 11.5 Å². The second-order valence-corrected chi connectivity index (χ2v) is 11.5. The minimum Gasteiger partial charge on any atom is -0.450 e. The Labute approximate surface area is 257 Å². The molecule has 0 saturated carbocycles. The van der Waals surface area contributed by atoms with Gasteiger partial charge in [-0.1, -0.05) is 59.9 Å². The van der Waals surface area contributed by atoms with Gasteiger partial charge in [0.1, 0.15) is 11.6 Å². The molecule has 1 atom stereocenters. The van der Waals surface area contributed by atoms with E-state index in [4.69, 9.17) is 9.73 Å². The lowest BCUT2D eigenvalue weighted by molar-refractivity contribution is -0.394. The summed E-state index contributed by atoms with van der Waals surface area (Å²) in [6, 6.07) is 23.6. The maximum Gasteiger partial charge on any atom is 0.318 e. The summed E-state index contributed by atoms with van der Waals surface area (Å²) in [7, 11) is 0. The van der Waals surface area contributed by atoms with Crippen molar-refractivity contribution in [1.82, 2.24) is 4.57 Å². The summed E-state index contributed by atoms with van der Waals surface area (Å²) >= 11 is 1.24. The summed E-state index contributed by atoms with van der Waals surface area (Å²) in [5.74, 6) is -0.285. The molecule has 1 aromatic heterocycles. The number of non-ortho nitro benzene ring substituents is 1. The number of aromatic nitrogens is 1. The first-order valence-electron chi connectivity index (χ1n) is 13.9. The summed E-state index contributed by atoms with van der Waals surface area (Å²) < 4.78 is 21.7. The van der Waals surface area contributed by atoms with Crippen LogP contribution in [0.2, 0.25) is 0 Å². The zero-order valence-corrected chi connectivity index (χ0v) is 24.1. The average molecular weight is 621 g/mol. The molecule has 4 aromatic carbocycles. The average Bonchev–Trinajstić information content (AvgIpc) is 3.34. The number of rotatable bonds is 6. The monoisotopic (exact) mass is 620 g/mol. The molecule has 1 aliphatic carbocycles. The summed E-state index contributed by atoms with van der Waals surface area (Å²) in [5, 5.41) is 22.7. The van der Waals surface area contributed by atoms with Crippen LogP contribution < -0.4 is 19.6 Å². The van der Waals surface area contributed by atoms with Gasteiger partial charge in [-0.3, -0.25) is 29.6 Å². The lowest BCUT2D eigenvalue weighted by Gasteiger charge is -2.30. The Morgan fingerprint density at radius 2 is 1.73 bits per heavy atom. The maximum atomic E-state index is 14.0. The molecule has 7 rings (SSSR count). The predicted octanol–water partition coefficient (Wildman–Crippen LogP) is 6.07. The van der Waals surface area contributed by atoms with Gasteiger partial charge in [0.05, 0.1) is 32.2 Å². The minimum absolute atomic E-state index is 0.160. The van der Waals surface area contributed by atoms with Gasteiger partial charge in [-0.15, -0.1) is 0 Å². The number of nitrogens with zero attached hydrogens (tertiary/aromatic N) is 4. The van der Waals surface area contributed by atoms with Gasteiger partial charge < -0.3 is 4.74 Å². The second kappa shape index (κ2) is 11.1. The minimum atomic E-state index is -0.748. The van der Waals surface area contributed by atoms with Gasteiger partial charge in [-0.2, -0.15) is 0 Å². The zero-order valence-electron chi connectivity index (χ0n) is 23.3. The first-order valence-corrected chi connectivity index (χ1v) is 14.7. The van der Waals surface area contributed by atoms with Gasteiger partial charge in [0.25, 0.3) is 11.2 Å². The van der Waals surface area contributed by atoms with Gasteiger partial charge in [-0.25, -0.2) is 9.38 Å². The molecular weight excluding hydrogens is 599 g/mol.